The Hall–Kier alpha value is -4.47. The van der Waals surface area contributed by atoms with Crippen LogP contribution in [-0.4, -0.2) is 40.5 Å². The third kappa shape index (κ3) is 3.49. The van der Waals surface area contributed by atoms with E-state index in [4.69, 9.17) is 15.4 Å². The van der Waals surface area contributed by atoms with Crippen molar-refractivity contribution in [3.63, 3.8) is 0 Å². The fourth-order valence-corrected chi connectivity index (χ4v) is 3.16. The van der Waals surface area contributed by atoms with Crippen LogP contribution in [0.15, 0.2) is 53.2 Å². The Kier molecular flexibility index (Phi) is 5.59. The number of carboxylic acids is 1. The van der Waals surface area contributed by atoms with Crippen LogP contribution in [0.5, 0.6) is 5.75 Å². The van der Waals surface area contributed by atoms with Gasteiger partial charge in [-0.25, -0.2) is 10.7 Å². The van der Waals surface area contributed by atoms with Crippen LogP contribution in [0.4, 0.5) is 5.69 Å². The third-order valence-corrected chi connectivity index (χ3v) is 4.51. The molecule has 3 aromatic rings. The first-order valence-electron chi connectivity index (χ1n) is 8.69. The number of ketones is 1. The number of carbonyl (C=O) groups is 2. The Morgan fingerprint density at radius 1 is 1.30 bits per heavy atom. The van der Waals surface area contributed by atoms with E-state index in [1.54, 1.807) is 35.5 Å². The zero-order valence-corrected chi connectivity index (χ0v) is 16.1. The number of aliphatic imine (C=N–C) groups is 1. The summed E-state index contributed by atoms with van der Waals surface area (Å²) in [6, 6.07) is 11.1. The maximum atomic E-state index is 13.3. The quantitative estimate of drug-likeness (QED) is 0.385. The Balaban J connectivity index is 2.13. The largest absolute Gasteiger partial charge is 0.762 e. The predicted octanol–water partition coefficient (Wildman–Crippen LogP) is 3.58. The van der Waals surface area contributed by atoms with Gasteiger partial charge in [0, 0.05) is 17.3 Å². The molecule has 0 unspecified atom stereocenters. The number of nitrogens with zero attached hydrogens (tertiary/aromatic N) is 4. The summed E-state index contributed by atoms with van der Waals surface area (Å²) in [6.45, 7) is 1.76. The summed E-state index contributed by atoms with van der Waals surface area (Å²) in [6.07, 6.45) is 2.72. The zero-order valence-electron chi connectivity index (χ0n) is 16.1. The van der Waals surface area contributed by atoms with Crippen molar-refractivity contribution in [2.24, 2.45) is 4.99 Å². The van der Waals surface area contributed by atoms with Crippen molar-refractivity contribution < 1.29 is 19.4 Å². The van der Waals surface area contributed by atoms with Gasteiger partial charge in [0.2, 0.25) is 5.78 Å². The van der Waals surface area contributed by atoms with E-state index >= 15 is 0 Å². The Labute approximate surface area is 171 Å². The molecule has 0 saturated heterocycles. The third-order valence-electron chi connectivity index (χ3n) is 4.51. The lowest BCUT2D eigenvalue weighted by atomic mass is 10.0. The molecule has 0 aliphatic carbocycles. The molecule has 0 aliphatic heterocycles. The fourth-order valence-electron chi connectivity index (χ4n) is 3.16. The average molecular weight is 399 g/mol. The lowest BCUT2D eigenvalue weighted by Gasteiger charge is -2.07. The summed E-state index contributed by atoms with van der Waals surface area (Å²) in [5.74, 6) is 0.539. The fraction of sp³-hybridized carbons (Fsp3) is 0.0909. The molecule has 3 rings (SSSR count). The standard InChI is InChI=1S/C22H15N4O4/c1-13-19(26-8-4-3-5-18(26)21(13)30-2)20(27)15-6-7-17(16(9-15)22(28)29)25-12-14(10-23)11-24/h3-9,12H,1-2H3,(H,28,29)/q-1. The van der Waals surface area contributed by atoms with E-state index in [1.165, 1.54) is 25.3 Å². The molecule has 8 heteroatoms. The van der Waals surface area contributed by atoms with Crippen LogP contribution in [-0.2, 0) is 0 Å². The molecule has 0 spiro atoms. The van der Waals surface area contributed by atoms with Crippen LogP contribution < -0.4 is 4.74 Å². The molecule has 0 radical (unpaired) electrons. The SMILES string of the molecule is COc1c(C)c(C(=O)c2ccc(N=CC(=C=[N-])C#N)c(C(=O)O)c2)n2ccccc12. The normalized spacial score (nSPS) is 10.6. The van der Waals surface area contributed by atoms with E-state index in [9.17, 15) is 14.7 Å². The van der Waals surface area contributed by atoms with Gasteiger partial charge in [-0.2, -0.15) is 5.26 Å². The molecule has 2 heterocycles. The highest BCUT2D eigenvalue weighted by Crippen LogP contribution is 2.32. The summed E-state index contributed by atoms with van der Waals surface area (Å²) in [5.41, 5.74) is 1.40. The van der Waals surface area contributed by atoms with E-state index in [-0.39, 0.29) is 28.2 Å². The second-order valence-electron chi connectivity index (χ2n) is 6.22. The minimum atomic E-state index is -1.29. The van der Waals surface area contributed by atoms with Gasteiger partial charge in [-0.3, -0.25) is 9.79 Å². The molecule has 2 aromatic heterocycles. The number of carboxylic acid groups (broad SMARTS) is 1. The summed E-state index contributed by atoms with van der Waals surface area (Å²) in [4.78, 5) is 28.9. The van der Waals surface area contributed by atoms with Gasteiger partial charge < -0.3 is 19.7 Å². The van der Waals surface area contributed by atoms with Gasteiger partial charge in [-0.1, -0.05) is 6.07 Å². The Morgan fingerprint density at radius 3 is 2.70 bits per heavy atom. The molecule has 148 valence electrons. The molecule has 1 aromatic carbocycles. The number of carbonyl (C=O) groups excluding carboxylic acids is 1. The molecular formula is C22H15N4O4-. The van der Waals surface area contributed by atoms with Crippen LogP contribution in [0.1, 0.15) is 32.0 Å². The number of nitriles is 1. The molecule has 1 N–H and O–H groups in total. The number of aromatic carboxylic acids is 1. The number of allylic oxidation sites excluding steroid dienone is 1. The van der Waals surface area contributed by atoms with Crippen molar-refractivity contribution in [1.29, 1.82) is 5.26 Å². The van der Waals surface area contributed by atoms with Gasteiger partial charge in [0.05, 0.1) is 35.7 Å². The van der Waals surface area contributed by atoms with Crippen molar-refractivity contribution in [3.8, 4) is 11.8 Å². The smallest absolute Gasteiger partial charge is 0.337 e. The summed E-state index contributed by atoms with van der Waals surface area (Å²) >= 11 is 0. The summed E-state index contributed by atoms with van der Waals surface area (Å²) in [5, 5.41) is 27.1. The summed E-state index contributed by atoms with van der Waals surface area (Å²) < 4.78 is 7.14. The topological polar surface area (TPSA) is 126 Å². The average Bonchev–Trinajstić information content (AvgIpc) is 3.04. The first-order chi connectivity index (χ1) is 14.4. The molecular weight excluding hydrogens is 384 g/mol. The predicted molar refractivity (Wildman–Crippen MR) is 111 cm³/mol. The molecule has 0 bridgehead atoms. The van der Waals surface area contributed by atoms with Crippen LogP contribution in [0.3, 0.4) is 0 Å². The van der Waals surface area contributed by atoms with Crippen LogP contribution in [0, 0.1) is 18.3 Å². The van der Waals surface area contributed by atoms with Crippen molar-refractivity contribution in [2.45, 2.75) is 6.92 Å². The summed E-state index contributed by atoms with van der Waals surface area (Å²) in [7, 11) is 1.52. The van der Waals surface area contributed by atoms with Gasteiger partial charge in [-0.15, -0.1) is 0 Å². The van der Waals surface area contributed by atoms with Gasteiger partial charge in [-0.05, 0) is 37.3 Å². The number of hydrogen-bond acceptors (Lipinski definition) is 5. The highest BCUT2D eigenvalue weighted by atomic mass is 16.5. The van der Waals surface area contributed by atoms with Crippen molar-refractivity contribution in [3.05, 3.63) is 76.0 Å². The van der Waals surface area contributed by atoms with Crippen molar-refractivity contribution >= 4 is 35.0 Å². The first kappa shape index (κ1) is 20.3. The maximum absolute atomic E-state index is 13.3. The Bertz CT molecular complexity index is 1300. The van der Waals surface area contributed by atoms with Crippen LogP contribution >= 0.6 is 0 Å². The van der Waals surface area contributed by atoms with E-state index < -0.39 is 5.97 Å². The number of benzene rings is 1. The van der Waals surface area contributed by atoms with Crippen LogP contribution in [0.25, 0.3) is 10.9 Å². The van der Waals surface area contributed by atoms with E-state index in [0.717, 1.165) is 11.7 Å². The second-order valence-corrected chi connectivity index (χ2v) is 6.22. The zero-order chi connectivity index (χ0) is 21.8. The number of aromatic nitrogens is 1. The lowest BCUT2D eigenvalue weighted by Crippen LogP contribution is -2.08. The van der Waals surface area contributed by atoms with E-state index in [0.29, 0.717) is 17.0 Å². The van der Waals surface area contributed by atoms with Crippen molar-refractivity contribution in [2.75, 3.05) is 7.11 Å². The number of hydrogen-bond donors (Lipinski definition) is 1. The Morgan fingerprint density at radius 2 is 2.07 bits per heavy atom. The first-order valence-corrected chi connectivity index (χ1v) is 8.69. The molecule has 0 aliphatic rings. The minimum Gasteiger partial charge on any atom is -0.762 e. The molecule has 0 fully saturated rings. The molecule has 30 heavy (non-hydrogen) atoms. The second kappa shape index (κ2) is 8.27. The molecule has 0 atom stereocenters. The van der Waals surface area contributed by atoms with E-state index in [1.807, 2.05) is 12.1 Å². The highest BCUT2D eigenvalue weighted by molar-refractivity contribution is 6.12. The molecule has 0 amide bonds. The number of ether oxygens (including phenoxy) is 1. The monoisotopic (exact) mass is 399 g/mol. The maximum Gasteiger partial charge on any atom is 0.337 e. The van der Waals surface area contributed by atoms with Crippen molar-refractivity contribution in [1.82, 2.24) is 4.40 Å². The number of rotatable bonds is 6. The number of pyridine rings is 1. The lowest BCUT2D eigenvalue weighted by molar-refractivity contribution is 0.0698. The van der Waals surface area contributed by atoms with Gasteiger partial charge >= 0.3 is 5.97 Å². The van der Waals surface area contributed by atoms with Crippen LogP contribution in [0.2, 0.25) is 0 Å². The van der Waals surface area contributed by atoms with Gasteiger partial charge in [0.1, 0.15) is 17.5 Å². The highest BCUT2D eigenvalue weighted by Gasteiger charge is 2.23. The molecule has 0 saturated carbocycles. The minimum absolute atomic E-state index is 0.0244. The number of methoxy groups -OCH3 is 1. The van der Waals surface area contributed by atoms with E-state index in [2.05, 4.69) is 4.99 Å². The van der Waals surface area contributed by atoms with Gasteiger partial charge in [0.15, 0.2) is 0 Å². The number of fused-ring (bicyclic) bond motifs is 1. The van der Waals surface area contributed by atoms with Gasteiger partial charge in [0.25, 0.3) is 0 Å². The molecule has 8 nitrogen and oxygen atoms in total.